The lowest BCUT2D eigenvalue weighted by Gasteiger charge is -2.36. The van der Waals surface area contributed by atoms with Gasteiger partial charge in [0.05, 0.1) is 0 Å². The van der Waals surface area contributed by atoms with E-state index < -0.39 is 0 Å². The third kappa shape index (κ3) is 12.9. The summed E-state index contributed by atoms with van der Waals surface area (Å²) >= 11 is 5.81. The molecule has 0 radical (unpaired) electrons. The van der Waals surface area contributed by atoms with E-state index in [1.807, 2.05) is 66.9 Å². The van der Waals surface area contributed by atoms with Crippen molar-refractivity contribution in [3.05, 3.63) is 94.8 Å². The van der Waals surface area contributed by atoms with Gasteiger partial charge in [-0.25, -0.2) is 4.99 Å². The van der Waals surface area contributed by atoms with Gasteiger partial charge in [0.2, 0.25) is 0 Å². The van der Waals surface area contributed by atoms with E-state index in [0.717, 1.165) is 66.0 Å². The summed E-state index contributed by atoms with van der Waals surface area (Å²) in [5.74, 6) is 0.835. The molecule has 1 heterocycles. The van der Waals surface area contributed by atoms with Crippen molar-refractivity contribution >= 4 is 28.8 Å². The molecule has 2 aromatic rings. The van der Waals surface area contributed by atoms with Crippen LogP contribution in [0.15, 0.2) is 83.7 Å². The molecule has 234 valence electrons. The van der Waals surface area contributed by atoms with Gasteiger partial charge in [-0.2, -0.15) is 0 Å². The number of aliphatic imine (C=N–C) groups is 1. The zero-order chi connectivity index (χ0) is 32.2. The van der Waals surface area contributed by atoms with E-state index in [1.165, 1.54) is 16.8 Å². The first-order valence-corrected chi connectivity index (χ1v) is 15.9. The Labute approximate surface area is 263 Å². The van der Waals surface area contributed by atoms with Crippen LogP contribution in [-0.2, 0) is 0 Å². The van der Waals surface area contributed by atoms with Crippen molar-refractivity contribution in [3.8, 4) is 0 Å². The molecular formula is C36H58ClN5. The summed E-state index contributed by atoms with van der Waals surface area (Å²) in [6.45, 7) is 32.9. The maximum Gasteiger partial charge on any atom is 0.103 e. The monoisotopic (exact) mass is 595 g/mol. The maximum absolute atomic E-state index is 5.81. The molecule has 0 bridgehead atoms. The number of aryl methyl sites for hydroxylation is 1. The number of amidine groups is 1. The normalized spacial score (nSPS) is 14.7. The highest BCUT2D eigenvalue weighted by molar-refractivity contribution is 6.31. The maximum atomic E-state index is 5.81. The lowest BCUT2D eigenvalue weighted by atomic mass is 10.0. The summed E-state index contributed by atoms with van der Waals surface area (Å²) < 4.78 is 0. The van der Waals surface area contributed by atoms with Crippen LogP contribution in [0.3, 0.4) is 0 Å². The van der Waals surface area contributed by atoms with E-state index in [9.17, 15) is 0 Å². The van der Waals surface area contributed by atoms with Crippen LogP contribution in [0.2, 0.25) is 5.02 Å². The molecule has 1 atom stereocenters. The van der Waals surface area contributed by atoms with Crippen molar-refractivity contribution in [3.63, 3.8) is 0 Å². The molecule has 42 heavy (non-hydrogen) atoms. The molecule has 1 aliphatic heterocycles. The fourth-order valence-corrected chi connectivity index (χ4v) is 4.26. The Morgan fingerprint density at radius 2 is 1.71 bits per heavy atom. The van der Waals surface area contributed by atoms with Gasteiger partial charge in [0.1, 0.15) is 5.84 Å². The summed E-state index contributed by atoms with van der Waals surface area (Å²) in [5.41, 5.74) is 7.72. The lowest BCUT2D eigenvalue weighted by Crippen LogP contribution is -2.49. The Hall–Kier alpha value is -3.02. The van der Waals surface area contributed by atoms with Gasteiger partial charge in [-0.3, -0.25) is 0 Å². The first-order valence-electron chi connectivity index (χ1n) is 15.5. The number of piperazine rings is 1. The summed E-state index contributed by atoms with van der Waals surface area (Å²) in [5, 5.41) is 7.67. The smallest absolute Gasteiger partial charge is 0.103 e. The number of nitrogens with zero attached hydrogens (tertiary/aromatic N) is 3. The molecular weight excluding hydrogens is 538 g/mol. The van der Waals surface area contributed by atoms with Crippen LogP contribution in [0.4, 0.5) is 11.4 Å². The van der Waals surface area contributed by atoms with Crippen molar-refractivity contribution in [2.45, 2.75) is 81.7 Å². The molecule has 6 heteroatoms. The summed E-state index contributed by atoms with van der Waals surface area (Å²) in [6, 6.07) is 15.0. The predicted molar refractivity (Wildman–Crippen MR) is 191 cm³/mol. The third-order valence-corrected chi connectivity index (χ3v) is 7.41. The largest absolute Gasteiger partial charge is 0.375 e. The average molecular weight is 596 g/mol. The van der Waals surface area contributed by atoms with Crippen molar-refractivity contribution in [2.75, 3.05) is 43.4 Å². The average Bonchev–Trinajstić information content (AvgIpc) is 3.02. The summed E-state index contributed by atoms with van der Waals surface area (Å²) in [7, 11) is 2.04. The van der Waals surface area contributed by atoms with Crippen molar-refractivity contribution < 1.29 is 0 Å². The third-order valence-electron chi connectivity index (χ3n) is 7.01. The van der Waals surface area contributed by atoms with Crippen molar-refractivity contribution in [1.82, 2.24) is 10.2 Å². The summed E-state index contributed by atoms with van der Waals surface area (Å²) in [4.78, 5) is 9.19. The topological polar surface area (TPSA) is 42.9 Å². The minimum atomic E-state index is 0.510. The van der Waals surface area contributed by atoms with Crippen LogP contribution in [-0.4, -0.2) is 50.0 Å². The lowest BCUT2D eigenvalue weighted by molar-refractivity contribution is 0.452. The minimum Gasteiger partial charge on any atom is -0.375 e. The van der Waals surface area contributed by atoms with Crippen LogP contribution in [0.5, 0.6) is 0 Å². The number of halogens is 1. The van der Waals surface area contributed by atoms with Gasteiger partial charge < -0.3 is 20.4 Å². The molecule has 0 aliphatic carbocycles. The molecule has 5 nitrogen and oxygen atoms in total. The molecule has 1 fully saturated rings. The molecule has 2 N–H and O–H groups in total. The minimum absolute atomic E-state index is 0.510. The Morgan fingerprint density at radius 1 is 1.10 bits per heavy atom. The van der Waals surface area contributed by atoms with Crippen LogP contribution >= 0.6 is 11.6 Å². The van der Waals surface area contributed by atoms with E-state index in [4.69, 9.17) is 11.6 Å². The number of allylic oxidation sites excluding steroid dienone is 1. The van der Waals surface area contributed by atoms with Crippen molar-refractivity contribution in [2.24, 2.45) is 4.99 Å². The number of nitrogens with one attached hydrogen (secondary N) is 2. The Balaban J connectivity index is 0.00000108. The van der Waals surface area contributed by atoms with E-state index >= 15 is 0 Å². The quantitative estimate of drug-likeness (QED) is 0.181. The van der Waals surface area contributed by atoms with Crippen LogP contribution < -0.4 is 15.5 Å². The second kappa shape index (κ2) is 21.6. The molecule has 0 spiro atoms. The highest BCUT2D eigenvalue weighted by Crippen LogP contribution is 2.23. The first kappa shape index (κ1) is 39.0. The van der Waals surface area contributed by atoms with Gasteiger partial charge >= 0.3 is 0 Å². The van der Waals surface area contributed by atoms with E-state index in [0.29, 0.717) is 6.04 Å². The number of rotatable bonds is 8. The van der Waals surface area contributed by atoms with E-state index in [-0.39, 0.29) is 0 Å². The molecule has 1 aliphatic rings. The van der Waals surface area contributed by atoms with Gasteiger partial charge in [-0.1, -0.05) is 71.5 Å². The van der Waals surface area contributed by atoms with Crippen LogP contribution in [0, 0.1) is 13.8 Å². The standard InChI is InChI=1S/C24H37N5.C8H9Cl.2C2H6/c1-8-18(3)24(20(5)28(7)9-2)17-26-21(6)27-22-10-12-23(13-11-22)29-15-14-25-16-19(29)4;1-6-4-3-5-8(9)7(6)2;2*1-2/h10-13,17,19,25H,3,5,8-9,14-16H2,1-2,4,6-7H3,(H,26,27);3-5H,1-2H3;2*1-2H3/b24-17-;;;/t19-;;;/m0.../s1. The number of hydrogen-bond donors (Lipinski definition) is 2. The highest BCUT2D eigenvalue weighted by atomic mass is 35.5. The van der Waals surface area contributed by atoms with Gasteiger partial charge in [0.15, 0.2) is 0 Å². The molecule has 0 amide bonds. The fraction of sp³-hybridized carbons (Fsp3) is 0.472. The SMILES string of the molecule is C=C(CC)/C(=C/N=C(C)Nc1ccc(N2CCNC[C@@H]2C)cc1)C(=C)N(C)CC.CC.CC.Cc1cccc(Cl)c1C. The van der Waals surface area contributed by atoms with E-state index in [2.05, 4.69) is 96.6 Å². The van der Waals surface area contributed by atoms with Gasteiger partial charge in [-0.05, 0) is 88.1 Å². The van der Waals surface area contributed by atoms with Gasteiger partial charge in [0.25, 0.3) is 0 Å². The number of anilines is 2. The van der Waals surface area contributed by atoms with Crippen LogP contribution in [0.1, 0.15) is 72.9 Å². The molecule has 0 aromatic heterocycles. The number of benzene rings is 2. The van der Waals surface area contributed by atoms with Crippen LogP contribution in [0.25, 0.3) is 0 Å². The molecule has 1 saturated heterocycles. The zero-order valence-corrected chi connectivity index (χ0v) is 29.1. The molecule has 0 unspecified atom stereocenters. The van der Waals surface area contributed by atoms with Crippen molar-refractivity contribution in [1.29, 1.82) is 0 Å². The molecule has 2 aromatic carbocycles. The van der Waals surface area contributed by atoms with E-state index in [1.54, 1.807) is 0 Å². The zero-order valence-electron chi connectivity index (χ0n) is 28.4. The molecule has 3 rings (SSSR count). The summed E-state index contributed by atoms with van der Waals surface area (Å²) in [6.07, 6.45) is 2.75. The predicted octanol–water partition coefficient (Wildman–Crippen LogP) is 9.64. The van der Waals surface area contributed by atoms with Gasteiger partial charge in [-0.15, -0.1) is 0 Å². The Morgan fingerprint density at radius 3 is 2.21 bits per heavy atom. The number of likely N-dealkylation sites (N-methyl/N-ethyl adjacent to an activating group) is 1. The highest BCUT2D eigenvalue weighted by Gasteiger charge is 2.17. The fourth-order valence-electron chi connectivity index (χ4n) is 4.04. The second-order valence-electron chi connectivity index (χ2n) is 9.78. The first-order chi connectivity index (χ1) is 20.1. The van der Waals surface area contributed by atoms with Gasteiger partial charge in [0, 0.05) is 73.1 Å². The number of hydrogen-bond acceptors (Lipinski definition) is 4. The second-order valence-corrected chi connectivity index (χ2v) is 10.2. The molecule has 0 saturated carbocycles. The Bertz CT molecular complexity index is 1110. The Kier molecular flexibility index (Phi) is 20.1.